The molecule has 146 valence electrons. The molecule has 0 spiro atoms. The van der Waals surface area contributed by atoms with Gasteiger partial charge in [0.2, 0.25) is 0 Å². The molecule has 1 fully saturated rings. The predicted molar refractivity (Wildman–Crippen MR) is 99.4 cm³/mol. The van der Waals surface area contributed by atoms with Crippen molar-refractivity contribution in [2.24, 2.45) is 0 Å². The zero-order valence-electron chi connectivity index (χ0n) is 15.2. The summed E-state index contributed by atoms with van der Waals surface area (Å²) >= 11 is 0. The first-order valence-electron chi connectivity index (χ1n) is 8.89. The number of benzene rings is 1. The molecule has 0 aromatic heterocycles. The van der Waals surface area contributed by atoms with Crippen LogP contribution in [0.1, 0.15) is 31.2 Å². The summed E-state index contributed by atoms with van der Waals surface area (Å²) in [6.45, 7) is 0. The van der Waals surface area contributed by atoms with Crippen LogP contribution in [-0.2, 0) is 6.18 Å². The smallest absolute Gasteiger partial charge is 0.376 e. The van der Waals surface area contributed by atoms with Crippen molar-refractivity contribution in [2.45, 2.75) is 43.9 Å². The SMILES string of the molecule is CN(C)[C@@H]1CCCC[C@H]1Nc1c(Nc2ccc(C(F)(F)F)cc2)c(=O)c1=O. The highest BCUT2D eigenvalue weighted by molar-refractivity contribution is 5.79. The molecule has 2 aromatic carbocycles. The number of halogens is 3. The molecule has 1 saturated carbocycles. The van der Waals surface area contributed by atoms with E-state index in [-0.39, 0.29) is 23.5 Å². The molecule has 0 saturated heterocycles. The van der Waals surface area contributed by atoms with E-state index in [9.17, 15) is 22.8 Å². The van der Waals surface area contributed by atoms with Gasteiger partial charge in [-0.05, 0) is 51.2 Å². The van der Waals surface area contributed by atoms with E-state index in [1.807, 2.05) is 14.1 Å². The van der Waals surface area contributed by atoms with Crippen LogP contribution in [0.4, 0.5) is 30.2 Å². The zero-order chi connectivity index (χ0) is 19.8. The molecule has 8 heteroatoms. The highest BCUT2D eigenvalue weighted by atomic mass is 19.4. The van der Waals surface area contributed by atoms with Gasteiger partial charge >= 0.3 is 6.18 Å². The van der Waals surface area contributed by atoms with E-state index >= 15 is 0 Å². The van der Waals surface area contributed by atoms with E-state index in [1.165, 1.54) is 12.1 Å². The Balaban J connectivity index is 1.77. The molecular formula is C19H22F3N3O2. The quantitative estimate of drug-likeness (QED) is 0.778. The summed E-state index contributed by atoms with van der Waals surface area (Å²) < 4.78 is 38.0. The molecule has 0 aliphatic heterocycles. The summed E-state index contributed by atoms with van der Waals surface area (Å²) in [5, 5.41) is 5.98. The van der Waals surface area contributed by atoms with E-state index in [0.29, 0.717) is 5.69 Å². The highest BCUT2D eigenvalue weighted by Gasteiger charge is 2.32. The number of nitrogens with one attached hydrogen (secondary N) is 2. The van der Waals surface area contributed by atoms with Gasteiger partial charge in [0.15, 0.2) is 0 Å². The second kappa shape index (κ2) is 7.34. The molecule has 27 heavy (non-hydrogen) atoms. The molecule has 5 nitrogen and oxygen atoms in total. The van der Waals surface area contributed by atoms with Crippen LogP contribution in [0.5, 0.6) is 0 Å². The number of likely N-dealkylation sites (N-methyl/N-ethyl adjacent to an activating group) is 1. The Hall–Kier alpha value is -2.35. The van der Waals surface area contributed by atoms with Crippen LogP contribution >= 0.6 is 0 Å². The monoisotopic (exact) mass is 381 g/mol. The van der Waals surface area contributed by atoms with Crippen molar-refractivity contribution in [1.29, 1.82) is 0 Å². The Bertz CT molecular complexity index is 868. The van der Waals surface area contributed by atoms with Crippen molar-refractivity contribution < 1.29 is 13.2 Å². The maximum atomic E-state index is 12.7. The molecule has 1 aliphatic carbocycles. The first-order valence-corrected chi connectivity index (χ1v) is 8.89. The first-order chi connectivity index (χ1) is 12.7. The third kappa shape index (κ3) is 4.00. The Morgan fingerprint density at radius 3 is 2.15 bits per heavy atom. The summed E-state index contributed by atoms with van der Waals surface area (Å²) in [5.74, 6) is 0. The third-order valence-electron chi connectivity index (χ3n) is 5.11. The van der Waals surface area contributed by atoms with Gasteiger partial charge in [0.1, 0.15) is 11.4 Å². The van der Waals surface area contributed by atoms with Gasteiger partial charge in [-0.3, -0.25) is 9.59 Å². The molecule has 3 rings (SSSR count). The minimum atomic E-state index is -4.42. The van der Waals surface area contributed by atoms with Gasteiger partial charge in [0.05, 0.1) is 5.56 Å². The van der Waals surface area contributed by atoms with Crippen LogP contribution in [0.15, 0.2) is 33.9 Å². The number of rotatable bonds is 5. The van der Waals surface area contributed by atoms with E-state index < -0.39 is 22.6 Å². The molecule has 0 bridgehead atoms. The van der Waals surface area contributed by atoms with Gasteiger partial charge in [-0.2, -0.15) is 13.2 Å². The van der Waals surface area contributed by atoms with Crippen LogP contribution in [0.2, 0.25) is 0 Å². The fourth-order valence-corrected chi connectivity index (χ4v) is 3.62. The fourth-order valence-electron chi connectivity index (χ4n) is 3.62. The Kier molecular flexibility index (Phi) is 5.28. The standard InChI is InChI=1S/C19H22F3N3O2/c1-25(2)14-6-4-3-5-13(14)24-16-15(17(26)18(16)27)23-12-9-7-11(8-10-12)19(20,21)22/h7-10,13-14,23-24H,3-6H2,1-2H3/t13-,14-/m1/s1. The van der Waals surface area contributed by atoms with Crippen molar-refractivity contribution >= 4 is 17.1 Å². The first kappa shape index (κ1) is 19.4. The van der Waals surface area contributed by atoms with Gasteiger partial charge in [-0.1, -0.05) is 12.8 Å². The average molecular weight is 381 g/mol. The summed E-state index contributed by atoms with van der Waals surface area (Å²) in [6, 6.07) is 4.65. The second-order valence-corrected chi connectivity index (χ2v) is 7.17. The summed E-state index contributed by atoms with van der Waals surface area (Å²) in [5.41, 5.74) is -1.36. The van der Waals surface area contributed by atoms with Crippen LogP contribution in [-0.4, -0.2) is 31.1 Å². The Morgan fingerprint density at radius 2 is 1.56 bits per heavy atom. The minimum absolute atomic E-state index is 0.0465. The lowest BCUT2D eigenvalue weighted by Crippen LogP contribution is -2.48. The summed E-state index contributed by atoms with van der Waals surface area (Å²) in [7, 11) is 3.96. The maximum Gasteiger partial charge on any atom is 0.416 e. The largest absolute Gasteiger partial charge is 0.416 e. The van der Waals surface area contributed by atoms with E-state index in [2.05, 4.69) is 15.5 Å². The fraction of sp³-hybridized carbons (Fsp3) is 0.474. The van der Waals surface area contributed by atoms with Crippen molar-refractivity contribution in [3.8, 4) is 0 Å². The van der Waals surface area contributed by atoms with Crippen LogP contribution in [0.3, 0.4) is 0 Å². The molecule has 2 N–H and O–H groups in total. The molecule has 2 atom stereocenters. The van der Waals surface area contributed by atoms with Gasteiger partial charge < -0.3 is 15.5 Å². The van der Waals surface area contributed by atoms with Gasteiger partial charge in [0, 0.05) is 17.8 Å². The molecule has 0 unspecified atom stereocenters. The van der Waals surface area contributed by atoms with Crippen molar-refractivity contribution in [3.63, 3.8) is 0 Å². The Labute approximate surface area is 154 Å². The molecule has 0 radical (unpaired) electrons. The highest BCUT2D eigenvalue weighted by Crippen LogP contribution is 2.31. The normalized spacial score (nSPS) is 20.8. The summed E-state index contributed by atoms with van der Waals surface area (Å²) in [4.78, 5) is 26.1. The lowest BCUT2D eigenvalue weighted by atomic mass is 9.89. The van der Waals surface area contributed by atoms with Gasteiger partial charge in [-0.15, -0.1) is 0 Å². The zero-order valence-corrected chi connectivity index (χ0v) is 15.2. The lowest BCUT2D eigenvalue weighted by molar-refractivity contribution is -0.137. The number of hydrogen-bond acceptors (Lipinski definition) is 5. The maximum absolute atomic E-state index is 12.7. The van der Waals surface area contributed by atoms with Crippen molar-refractivity contribution in [1.82, 2.24) is 4.90 Å². The van der Waals surface area contributed by atoms with E-state index in [4.69, 9.17) is 0 Å². The number of anilines is 3. The van der Waals surface area contributed by atoms with Crippen LogP contribution in [0, 0.1) is 0 Å². The molecule has 1 aliphatic rings. The van der Waals surface area contributed by atoms with Crippen LogP contribution < -0.4 is 21.5 Å². The molecule has 2 aromatic rings. The van der Waals surface area contributed by atoms with Crippen LogP contribution in [0.25, 0.3) is 0 Å². The minimum Gasteiger partial charge on any atom is -0.376 e. The number of alkyl halides is 3. The van der Waals surface area contributed by atoms with Gasteiger partial charge in [0.25, 0.3) is 10.9 Å². The van der Waals surface area contributed by atoms with E-state index in [1.54, 1.807) is 0 Å². The molecular weight excluding hydrogens is 359 g/mol. The topological polar surface area (TPSA) is 61.4 Å². The van der Waals surface area contributed by atoms with E-state index in [0.717, 1.165) is 37.8 Å². The summed E-state index contributed by atoms with van der Waals surface area (Å²) in [6.07, 6.45) is -0.374. The average Bonchev–Trinajstić information content (AvgIpc) is 2.64. The predicted octanol–water partition coefficient (Wildman–Crippen LogP) is 3.33. The number of nitrogens with zero attached hydrogens (tertiary/aromatic N) is 1. The van der Waals surface area contributed by atoms with Crippen molar-refractivity contribution in [3.05, 3.63) is 50.3 Å². The third-order valence-corrected chi connectivity index (χ3v) is 5.11. The second-order valence-electron chi connectivity index (χ2n) is 7.17. The van der Waals surface area contributed by atoms with Crippen molar-refractivity contribution in [2.75, 3.05) is 24.7 Å². The molecule has 0 heterocycles. The molecule has 0 amide bonds. The Morgan fingerprint density at radius 1 is 0.963 bits per heavy atom. The van der Waals surface area contributed by atoms with Gasteiger partial charge in [-0.25, -0.2) is 0 Å². The number of hydrogen-bond donors (Lipinski definition) is 2. The lowest BCUT2D eigenvalue weighted by Gasteiger charge is -2.37.